The Morgan fingerprint density at radius 2 is 2.04 bits per heavy atom. The molecule has 0 aliphatic heterocycles. The SMILES string of the molecule is COc1cc(Cl)ccc1C(=O)Nc1ccc(-n2ccnc2)c(Cl)c1. The van der Waals surface area contributed by atoms with E-state index < -0.39 is 0 Å². The minimum absolute atomic E-state index is 0.310. The summed E-state index contributed by atoms with van der Waals surface area (Å²) in [6.45, 7) is 0. The Bertz CT molecular complexity index is 880. The van der Waals surface area contributed by atoms with Crippen LogP contribution in [0.25, 0.3) is 5.69 Å². The van der Waals surface area contributed by atoms with Gasteiger partial charge in [0.05, 0.1) is 29.7 Å². The van der Waals surface area contributed by atoms with Crippen molar-refractivity contribution in [3.63, 3.8) is 0 Å². The van der Waals surface area contributed by atoms with E-state index in [2.05, 4.69) is 10.3 Å². The van der Waals surface area contributed by atoms with Gasteiger partial charge in [-0.05, 0) is 36.4 Å². The molecule has 3 rings (SSSR count). The molecule has 3 aromatic rings. The minimum Gasteiger partial charge on any atom is -0.496 e. The monoisotopic (exact) mass is 361 g/mol. The van der Waals surface area contributed by atoms with E-state index in [1.165, 1.54) is 7.11 Å². The molecular weight excluding hydrogens is 349 g/mol. The Kier molecular flexibility index (Phi) is 4.74. The van der Waals surface area contributed by atoms with Crippen molar-refractivity contribution in [1.82, 2.24) is 9.55 Å². The van der Waals surface area contributed by atoms with Crippen LogP contribution in [0.3, 0.4) is 0 Å². The molecule has 0 aliphatic rings. The molecule has 0 radical (unpaired) electrons. The molecule has 0 saturated carbocycles. The molecule has 24 heavy (non-hydrogen) atoms. The van der Waals surface area contributed by atoms with Gasteiger partial charge in [-0.3, -0.25) is 4.79 Å². The normalized spacial score (nSPS) is 10.5. The van der Waals surface area contributed by atoms with Crippen LogP contribution in [0.1, 0.15) is 10.4 Å². The van der Waals surface area contributed by atoms with Gasteiger partial charge >= 0.3 is 0 Å². The second kappa shape index (κ2) is 6.95. The average molecular weight is 362 g/mol. The third kappa shape index (κ3) is 3.37. The zero-order valence-electron chi connectivity index (χ0n) is 12.7. The number of carbonyl (C=O) groups excluding carboxylic acids is 1. The fourth-order valence-corrected chi connectivity index (χ4v) is 2.69. The van der Waals surface area contributed by atoms with Crippen LogP contribution >= 0.6 is 23.2 Å². The number of aromatic nitrogens is 2. The number of rotatable bonds is 4. The number of ether oxygens (including phenoxy) is 1. The van der Waals surface area contributed by atoms with Crippen molar-refractivity contribution in [3.05, 3.63) is 70.7 Å². The minimum atomic E-state index is -0.310. The van der Waals surface area contributed by atoms with Crippen molar-refractivity contribution in [3.8, 4) is 11.4 Å². The quantitative estimate of drug-likeness (QED) is 0.747. The van der Waals surface area contributed by atoms with Gasteiger partial charge in [0.1, 0.15) is 5.75 Å². The second-order valence-corrected chi connectivity index (χ2v) is 5.78. The number of benzene rings is 2. The van der Waals surface area contributed by atoms with Crippen LogP contribution in [0.2, 0.25) is 10.0 Å². The first-order chi connectivity index (χ1) is 11.6. The predicted molar refractivity (Wildman–Crippen MR) is 94.5 cm³/mol. The van der Waals surface area contributed by atoms with Crippen LogP contribution in [-0.4, -0.2) is 22.6 Å². The Morgan fingerprint density at radius 1 is 1.21 bits per heavy atom. The lowest BCUT2D eigenvalue weighted by molar-refractivity contribution is 0.102. The lowest BCUT2D eigenvalue weighted by Gasteiger charge is -2.11. The molecule has 0 aliphatic carbocycles. The van der Waals surface area contributed by atoms with Crippen LogP contribution in [-0.2, 0) is 0 Å². The molecular formula is C17H13Cl2N3O2. The van der Waals surface area contributed by atoms with Crippen molar-refractivity contribution >= 4 is 34.8 Å². The summed E-state index contributed by atoms with van der Waals surface area (Å²) in [7, 11) is 1.49. The van der Waals surface area contributed by atoms with Gasteiger partial charge in [-0.25, -0.2) is 4.98 Å². The van der Waals surface area contributed by atoms with Gasteiger partial charge in [-0.1, -0.05) is 23.2 Å². The van der Waals surface area contributed by atoms with Gasteiger partial charge in [0.25, 0.3) is 5.91 Å². The highest BCUT2D eigenvalue weighted by Crippen LogP contribution is 2.27. The molecule has 7 heteroatoms. The highest BCUT2D eigenvalue weighted by atomic mass is 35.5. The molecule has 0 atom stereocenters. The van der Waals surface area contributed by atoms with Gasteiger partial charge in [0.2, 0.25) is 0 Å². The molecule has 1 heterocycles. The van der Waals surface area contributed by atoms with E-state index in [0.717, 1.165) is 5.69 Å². The van der Waals surface area contributed by atoms with Crippen molar-refractivity contribution in [1.29, 1.82) is 0 Å². The number of hydrogen-bond acceptors (Lipinski definition) is 3. The van der Waals surface area contributed by atoms with E-state index in [-0.39, 0.29) is 5.91 Å². The molecule has 0 spiro atoms. The van der Waals surface area contributed by atoms with E-state index in [1.807, 2.05) is 0 Å². The molecule has 122 valence electrons. The average Bonchev–Trinajstić information content (AvgIpc) is 3.08. The van der Waals surface area contributed by atoms with Crippen molar-refractivity contribution in [2.24, 2.45) is 0 Å². The maximum absolute atomic E-state index is 12.4. The third-order valence-electron chi connectivity index (χ3n) is 3.40. The van der Waals surface area contributed by atoms with E-state index in [1.54, 1.807) is 59.7 Å². The van der Waals surface area contributed by atoms with E-state index in [9.17, 15) is 4.79 Å². The Morgan fingerprint density at radius 3 is 2.71 bits per heavy atom. The van der Waals surface area contributed by atoms with E-state index in [4.69, 9.17) is 27.9 Å². The summed E-state index contributed by atoms with van der Waals surface area (Å²) < 4.78 is 6.98. The maximum atomic E-state index is 12.4. The molecule has 0 saturated heterocycles. The molecule has 1 N–H and O–H groups in total. The molecule has 0 unspecified atom stereocenters. The number of carbonyl (C=O) groups is 1. The first-order valence-corrected chi connectivity index (χ1v) is 7.77. The number of anilines is 1. The Hall–Kier alpha value is -2.50. The summed E-state index contributed by atoms with van der Waals surface area (Å²) in [5.74, 6) is 0.0936. The highest BCUT2D eigenvalue weighted by Gasteiger charge is 2.14. The zero-order chi connectivity index (χ0) is 17.1. The van der Waals surface area contributed by atoms with Crippen molar-refractivity contribution in [2.45, 2.75) is 0 Å². The van der Waals surface area contributed by atoms with Gasteiger partial charge in [0, 0.05) is 23.1 Å². The summed E-state index contributed by atoms with van der Waals surface area (Å²) in [4.78, 5) is 16.4. The van der Waals surface area contributed by atoms with Gasteiger partial charge in [-0.2, -0.15) is 0 Å². The first-order valence-electron chi connectivity index (χ1n) is 7.01. The molecule has 0 fully saturated rings. The molecule has 1 amide bonds. The number of imidazole rings is 1. The molecule has 2 aromatic carbocycles. The van der Waals surface area contributed by atoms with Crippen LogP contribution < -0.4 is 10.1 Å². The smallest absolute Gasteiger partial charge is 0.259 e. The molecule has 0 bridgehead atoms. The molecule has 1 aromatic heterocycles. The summed E-state index contributed by atoms with van der Waals surface area (Å²) in [5, 5.41) is 3.79. The van der Waals surface area contributed by atoms with Crippen LogP contribution in [0.15, 0.2) is 55.1 Å². The van der Waals surface area contributed by atoms with Crippen molar-refractivity contribution < 1.29 is 9.53 Å². The van der Waals surface area contributed by atoms with Crippen molar-refractivity contribution in [2.75, 3.05) is 12.4 Å². The van der Waals surface area contributed by atoms with Gasteiger partial charge in [0.15, 0.2) is 0 Å². The highest BCUT2D eigenvalue weighted by molar-refractivity contribution is 6.33. The fourth-order valence-electron chi connectivity index (χ4n) is 2.25. The third-order valence-corrected chi connectivity index (χ3v) is 3.93. The second-order valence-electron chi connectivity index (χ2n) is 4.93. The van der Waals surface area contributed by atoms with Crippen LogP contribution in [0.5, 0.6) is 5.75 Å². The Labute approximate surface area is 148 Å². The summed E-state index contributed by atoms with van der Waals surface area (Å²) in [6, 6.07) is 10.1. The van der Waals surface area contributed by atoms with Crippen LogP contribution in [0, 0.1) is 0 Å². The van der Waals surface area contributed by atoms with Crippen LogP contribution in [0.4, 0.5) is 5.69 Å². The molecule has 5 nitrogen and oxygen atoms in total. The standard InChI is InChI=1S/C17H13Cl2N3O2/c1-24-16-8-11(18)2-4-13(16)17(23)21-12-3-5-15(14(19)9-12)22-7-6-20-10-22/h2-10H,1H3,(H,21,23). The summed E-state index contributed by atoms with van der Waals surface area (Å²) in [5.41, 5.74) is 1.74. The first kappa shape index (κ1) is 16.4. The fraction of sp³-hybridized carbons (Fsp3) is 0.0588. The topological polar surface area (TPSA) is 56.1 Å². The number of hydrogen-bond donors (Lipinski definition) is 1. The lowest BCUT2D eigenvalue weighted by Crippen LogP contribution is -2.13. The number of nitrogens with one attached hydrogen (secondary N) is 1. The number of nitrogens with zero attached hydrogens (tertiary/aromatic N) is 2. The lowest BCUT2D eigenvalue weighted by atomic mass is 10.1. The summed E-state index contributed by atoms with van der Waals surface area (Å²) >= 11 is 12.2. The largest absolute Gasteiger partial charge is 0.496 e. The Balaban J connectivity index is 1.84. The number of methoxy groups -OCH3 is 1. The summed E-state index contributed by atoms with van der Waals surface area (Å²) in [6.07, 6.45) is 5.11. The maximum Gasteiger partial charge on any atom is 0.259 e. The van der Waals surface area contributed by atoms with E-state index in [0.29, 0.717) is 27.0 Å². The predicted octanol–water partition coefficient (Wildman–Crippen LogP) is 4.44. The number of halogens is 2. The van der Waals surface area contributed by atoms with E-state index >= 15 is 0 Å². The number of amides is 1. The zero-order valence-corrected chi connectivity index (χ0v) is 14.2. The van der Waals surface area contributed by atoms with Gasteiger partial charge in [-0.15, -0.1) is 0 Å². The van der Waals surface area contributed by atoms with Gasteiger partial charge < -0.3 is 14.6 Å².